The van der Waals surface area contributed by atoms with Crippen LogP contribution in [0.25, 0.3) is 0 Å². The van der Waals surface area contributed by atoms with Gasteiger partial charge >= 0.3 is 11.9 Å². The van der Waals surface area contributed by atoms with Gasteiger partial charge in [-0.3, -0.25) is 4.79 Å². The second-order valence-electron chi connectivity index (χ2n) is 5.86. The first-order chi connectivity index (χ1) is 11.4. The molecule has 0 aromatic carbocycles. The maximum atomic E-state index is 12.6. The molecule has 1 saturated carbocycles. The highest BCUT2D eigenvalue weighted by Gasteiger charge is 2.39. The zero-order valence-corrected chi connectivity index (χ0v) is 14.5. The third-order valence-electron chi connectivity index (χ3n) is 4.22. The summed E-state index contributed by atoms with van der Waals surface area (Å²) in [7, 11) is 1.30. The Morgan fingerprint density at radius 2 is 1.96 bits per heavy atom. The van der Waals surface area contributed by atoms with Crippen molar-refractivity contribution < 1.29 is 23.9 Å². The average molecular weight is 336 g/mol. The minimum atomic E-state index is -0.646. The predicted octanol–water partition coefficient (Wildman–Crippen LogP) is 1.74. The van der Waals surface area contributed by atoms with Crippen LogP contribution in [0.5, 0.6) is 0 Å². The van der Waals surface area contributed by atoms with Crippen molar-refractivity contribution in [3.8, 4) is 0 Å². The Kier molecular flexibility index (Phi) is 5.64. The lowest BCUT2D eigenvalue weighted by molar-refractivity contribution is -0.146. The van der Waals surface area contributed by atoms with Gasteiger partial charge in [0.1, 0.15) is 11.7 Å². The fraction of sp³-hybridized carbons (Fsp3) is 0.588. The summed E-state index contributed by atoms with van der Waals surface area (Å²) in [6.07, 6.45) is 2.34. The van der Waals surface area contributed by atoms with Gasteiger partial charge in [0.15, 0.2) is 0 Å². The normalized spacial score (nSPS) is 14.8. The van der Waals surface area contributed by atoms with Crippen LogP contribution in [-0.2, 0) is 20.7 Å². The lowest BCUT2D eigenvalue weighted by Gasteiger charge is -2.16. The number of esters is 2. The largest absolute Gasteiger partial charge is 0.465 e. The summed E-state index contributed by atoms with van der Waals surface area (Å²) in [5.41, 5.74) is 1.82. The van der Waals surface area contributed by atoms with Crippen LogP contribution in [0.3, 0.4) is 0 Å². The van der Waals surface area contributed by atoms with Gasteiger partial charge in [-0.15, -0.1) is 0 Å². The maximum absolute atomic E-state index is 12.6. The summed E-state index contributed by atoms with van der Waals surface area (Å²) in [6, 6.07) is -0.646. The van der Waals surface area contributed by atoms with E-state index in [0.717, 1.165) is 12.8 Å². The van der Waals surface area contributed by atoms with Crippen molar-refractivity contribution in [1.82, 2.24) is 10.3 Å². The number of aromatic amines is 1. The molecule has 0 spiro atoms. The van der Waals surface area contributed by atoms with Gasteiger partial charge in [-0.25, -0.2) is 9.59 Å². The quantitative estimate of drug-likeness (QED) is 0.739. The van der Waals surface area contributed by atoms with Crippen LogP contribution >= 0.6 is 0 Å². The standard InChI is InChI=1S/C17H24N2O5/c1-5-11-12(16(21)23-4)9(3)13(18-11)15(20)19-14(10-7-8-10)17(22)24-6-2/h10,14,18H,5-8H2,1-4H3,(H,19,20). The van der Waals surface area contributed by atoms with E-state index in [1.165, 1.54) is 7.11 Å². The number of hydrogen-bond donors (Lipinski definition) is 2. The van der Waals surface area contributed by atoms with Gasteiger partial charge in [0.2, 0.25) is 0 Å². The molecule has 1 aliphatic carbocycles. The van der Waals surface area contributed by atoms with Crippen molar-refractivity contribution in [3.05, 3.63) is 22.5 Å². The maximum Gasteiger partial charge on any atom is 0.339 e. The van der Waals surface area contributed by atoms with Gasteiger partial charge in [0, 0.05) is 5.69 Å². The van der Waals surface area contributed by atoms with Crippen molar-refractivity contribution in [1.29, 1.82) is 0 Å². The Morgan fingerprint density at radius 3 is 2.46 bits per heavy atom. The van der Waals surface area contributed by atoms with Crippen molar-refractivity contribution in [2.45, 2.75) is 46.1 Å². The highest BCUT2D eigenvalue weighted by Crippen LogP contribution is 2.33. The summed E-state index contributed by atoms with van der Waals surface area (Å²) in [5, 5.41) is 2.75. The van der Waals surface area contributed by atoms with Gasteiger partial charge in [-0.1, -0.05) is 6.92 Å². The van der Waals surface area contributed by atoms with E-state index < -0.39 is 23.9 Å². The van der Waals surface area contributed by atoms with Crippen molar-refractivity contribution in [2.75, 3.05) is 13.7 Å². The molecule has 0 aliphatic heterocycles. The number of ether oxygens (including phenoxy) is 2. The molecular formula is C17H24N2O5. The molecule has 7 heteroatoms. The van der Waals surface area contributed by atoms with Crippen LogP contribution in [0.1, 0.15) is 58.8 Å². The molecule has 0 saturated heterocycles. The monoisotopic (exact) mass is 336 g/mol. The lowest BCUT2D eigenvalue weighted by atomic mass is 10.1. The molecule has 1 aliphatic rings. The summed E-state index contributed by atoms with van der Waals surface area (Å²) >= 11 is 0. The fourth-order valence-electron chi connectivity index (χ4n) is 2.77. The average Bonchev–Trinajstić information content (AvgIpc) is 3.34. The lowest BCUT2D eigenvalue weighted by Crippen LogP contribution is -2.43. The molecule has 2 rings (SSSR count). The number of methoxy groups -OCH3 is 1. The summed E-state index contributed by atoms with van der Waals surface area (Å²) < 4.78 is 9.83. The van der Waals surface area contributed by atoms with Gasteiger partial charge < -0.3 is 19.8 Å². The van der Waals surface area contributed by atoms with Crippen LogP contribution in [-0.4, -0.2) is 42.6 Å². The molecule has 24 heavy (non-hydrogen) atoms. The van der Waals surface area contributed by atoms with E-state index in [2.05, 4.69) is 10.3 Å². The van der Waals surface area contributed by atoms with Gasteiger partial charge in [0.25, 0.3) is 5.91 Å². The number of H-pyrrole nitrogens is 1. The number of nitrogens with one attached hydrogen (secondary N) is 2. The smallest absolute Gasteiger partial charge is 0.339 e. The van der Waals surface area contributed by atoms with E-state index in [0.29, 0.717) is 23.2 Å². The number of hydrogen-bond acceptors (Lipinski definition) is 5. The Morgan fingerprint density at radius 1 is 1.29 bits per heavy atom. The number of carbonyl (C=O) groups excluding carboxylic acids is 3. The first-order valence-electron chi connectivity index (χ1n) is 8.21. The van der Waals surface area contributed by atoms with Gasteiger partial charge in [-0.2, -0.15) is 0 Å². The molecule has 0 bridgehead atoms. The molecule has 1 fully saturated rings. The summed E-state index contributed by atoms with van der Waals surface area (Å²) in [5.74, 6) is -1.19. The Balaban J connectivity index is 2.24. The number of aromatic nitrogens is 1. The van der Waals surface area contributed by atoms with E-state index in [4.69, 9.17) is 9.47 Å². The Labute approximate surface area is 141 Å². The molecule has 0 radical (unpaired) electrons. The van der Waals surface area contributed by atoms with E-state index in [9.17, 15) is 14.4 Å². The topological polar surface area (TPSA) is 97.5 Å². The third-order valence-corrected chi connectivity index (χ3v) is 4.22. The molecule has 1 amide bonds. The Hall–Kier alpha value is -2.31. The molecule has 132 valence electrons. The van der Waals surface area contributed by atoms with E-state index in [1.54, 1.807) is 13.8 Å². The zero-order valence-electron chi connectivity index (χ0n) is 14.5. The van der Waals surface area contributed by atoms with Crippen LogP contribution in [0, 0.1) is 12.8 Å². The van der Waals surface area contributed by atoms with Crippen LogP contribution in [0.2, 0.25) is 0 Å². The predicted molar refractivity (Wildman–Crippen MR) is 86.9 cm³/mol. The van der Waals surface area contributed by atoms with Gasteiger partial charge in [0.05, 0.1) is 19.3 Å². The van der Waals surface area contributed by atoms with Crippen molar-refractivity contribution in [3.63, 3.8) is 0 Å². The van der Waals surface area contributed by atoms with Crippen molar-refractivity contribution >= 4 is 17.8 Å². The summed E-state index contributed by atoms with van der Waals surface area (Å²) in [6.45, 7) is 5.57. The molecular weight excluding hydrogens is 312 g/mol. The van der Waals surface area contributed by atoms with Crippen LogP contribution < -0.4 is 5.32 Å². The molecule has 2 N–H and O–H groups in total. The minimum absolute atomic E-state index is 0.119. The number of aryl methyl sites for hydroxylation is 1. The van der Waals surface area contributed by atoms with Crippen molar-refractivity contribution in [2.24, 2.45) is 5.92 Å². The number of carbonyl (C=O) groups is 3. The zero-order chi connectivity index (χ0) is 17.9. The molecule has 1 unspecified atom stereocenters. The summed E-state index contributed by atoms with van der Waals surface area (Å²) in [4.78, 5) is 39.6. The third kappa shape index (κ3) is 3.60. The van der Waals surface area contributed by atoms with Crippen LogP contribution in [0.15, 0.2) is 0 Å². The molecule has 1 atom stereocenters. The van der Waals surface area contributed by atoms with Gasteiger partial charge in [-0.05, 0) is 44.6 Å². The first-order valence-corrected chi connectivity index (χ1v) is 8.21. The molecule has 1 aromatic heterocycles. The van der Waals surface area contributed by atoms with E-state index in [-0.39, 0.29) is 18.2 Å². The molecule has 1 heterocycles. The molecule has 7 nitrogen and oxygen atoms in total. The SMILES string of the molecule is CCOC(=O)C(NC(=O)c1[nH]c(CC)c(C(=O)OC)c1C)C1CC1. The number of amides is 1. The second-order valence-corrected chi connectivity index (χ2v) is 5.86. The van der Waals surface area contributed by atoms with E-state index in [1.807, 2.05) is 6.92 Å². The highest BCUT2D eigenvalue weighted by atomic mass is 16.5. The van der Waals surface area contributed by atoms with E-state index >= 15 is 0 Å². The Bertz CT molecular complexity index is 646. The second kappa shape index (κ2) is 7.51. The van der Waals surface area contributed by atoms with Crippen LogP contribution in [0.4, 0.5) is 0 Å². The highest BCUT2D eigenvalue weighted by molar-refractivity contribution is 6.01. The fourth-order valence-corrected chi connectivity index (χ4v) is 2.77. The molecule has 1 aromatic rings. The first kappa shape index (κ1) is 18.0. The minimum Gasteiger partial charge on any atom is -0.465 e. The number of rotatable bonds is 7.